The van der Waals surface area contributed by atoms with Crippen LogP contribution in [0.1, 0.15) is 12.8 Å². The van der Waals surface area contributed by atoms with E-state index in [1.807, 2.05) is 0 Å². The molecule has 1 atom stereocenters. The van der Waals surface area contributed by atoms with Crippen molar-refractivity contribution in [1.82, 2.24) is 19.4 Å². The lowest BCUT2D eigenvalue weighted by molar-refractivity contribution is -0.142. The van der Waals surface area contributed by atoms with Crippen molar-refractivity contribution in [3.63, 3.8) is 0 Å². The minimum Gasteiger partial charge on any atom is -0.316 e. The summed E-state index contributed by atoms with van der Waals surface area (Å²) >= 11 is 0. The van der Waals surface area contributed by atoms with Gasteiger partial charge >= 0.3 is 6.18 Å². The highest BCUT2D eigenvalue weighted by Crippen LogP contribution is 2.22. The van der Waals surface area contributed by atoms with E-state index in [4.69, 9.17) is 0 Å². The third-order valence-corrected chi connectivity index (χ3v) is 5.20. The molecule has 11 heteroatoms. The number of aromatic nitrogens is 2. The van der Waals surface area contributed by atoms with E-state index in [2.05, 4.69) is 10.4 Å². The lowest BCUT2D eigenvalue weighted by atomic mass is 10.1. The second-order valence-electron chi connectivity index (χ2n) is 4.98. The molecule has 22 heavy (non-hydrogen) atoms. The Balaban J connectivity index is 0.00000242. The van der Waals surface area contributed by atoms with Gasteiger partial charge in [-0.2, -0.15) is 22.6 Å². The van der Waals surface area contributed by atoms with Crippen molar-refractivity contribution in [2.24, 2.45) is 0 Å². The average molecular weight is 363 g/mol. The Bertz CT molecular complexity index is 590. The van der Waals surface area contributed by atoms with Crippen LogP contribution in [0.15, 0.2) is 17.3 Å². The van der Waals surface area contributed by atoms with Gasteiger partial charge in [-0.25, -0.2) is 8.42 Å². The smallest absolute Gasteiger partial charge is 0.316 e. The molecule has 0 aliphatic carbocycles. The number of halogens is 4. The minimum absolute atomic E-state index is 0. The first-order chi connectivity index (χ1) is 9.72. The molecule has 0 aromatic carbocycles. The Morgan fingerprint density at radius 2 is 2.14 bits per heavy atom. The standard InChI is InChI=1S/C11H17F3N4O2S.ClH/c1-15-9-3-2-4-18(6-9)21(19,20)10-5-16-17(7-10)8-11(12,13)14;/h5,7,9,15H,2-4,6,8H2,1H3;1H. The van der Waals surface area contributed by atoms with E-state index in [1.54, 1.807) is 7.05 Å². The predicted octanol–water partition coefficient (Wildman–Crippen LogP) is 1.24. The van der Waals surface area contributed by atoms with Crippen LogP contribution in [0.25, 0.3) is 0 Å². The van der Waals surface area contributed by atoms with Crippen molar-refractivity contribution in [3.05, 3.63) is 12.4 Å². The van der Waals surface area contributed by atoms with E-state index < -0.39 is 22.7 Å². The molecule has 0 amide bonds. The van der Waals surface area contributed by atoms with Crippen molar-refractivity contribution in [3.8, 4) is 0 Å². The summed E-state index contributed by atoms with van der Waals surface area (Å²) in [4.78, 5) is -0.205. The van der Waals surface area contributed by atoms with Crippen molar-refractivity contribution < 1.29 is 21.6 Å². The molecule has 1 unspecified atom stereocenters. The van der Waals surface area contributed by atoms with Crippen LogP contribution >= 0.6 is 12.4 Å². The Morgan fingerprint density at radius 3 is 2.73 bits per heavy atom. The van der Waals surface area contributed by atoms with Crippen LogP contribution in [0.4, 0.5) is 13.2 Å². The van der Waals surface area contributed by atoms with E-state index in [0.717, 1.165) is 18.8 Å². The van der Waals surface area contributed by atoms with E-state index in [-0.39, 0.29) is 23.3 Å². The Morgan fingerprint density at radius 1 is 1.45 bits per heavy atom. The number of hydrogen-bond donors (Lipinski definition) is 1. The molecule has 0 saturated carbocycles. The van der Waals surface area contributed by atoms with Crippen LogP contribution in [-0.4, -0.2) is 54.9 Å². The van der Waals surface area contributed by atoms with Crippen molar-refractivity contribution in [2.75, 3.05) is 20.1 Å². The first-order valence-corrected chi connectivity index (χ1v) is 7.93. The number of alkyl halides is 3. The molecule has 2 heterocycles. The molecule has 1 aromatic heterocycles. The third kappa shape index (κ3) is 4.58. The zero-order valence-electron chi connectivity index (χ0n) is 11.9. The number of nitrogens with one attached hydrogen (secondary N) is 1. The van der Waals surface area contributed by atoms with Gasteiger partial charge in [0.25, 0.3) is 0 Å². The van der Waals surface area contributed by atoms with Gasteiger partial charge in [0, 0.05) is 25.3 Å². The molecule has 6 nitrogen and oxygen atoms in total. The molecule has 0 radical (unpaired) electrons. The second-order valence-corrected chi connectivity index (χ2v) is 6.92. The van der Waals surface area contributed by atoms with Gasteiger partial charge in [0.05, 0.1) is 6.20 Å². The topological polar surface area (TPSA) is 67.2 Å². The molecular formula is C11H18ClF3N4O2S. The Kier molecular flexibility index (Phi) is 6.25. The molecular weight excluding hydrogens is 345 g/mol. The van der Waals surface area contributed by atoms with Gasteiger partial charge in [-0.05, 0) is 19.9 Å². The van der Waals surface area contributed by atoms with E-state index in [0.29, 0.717) is 24.2 Å². The van der Waals surface area contributed by atoms with Crippen LogP contribution < -0.4 is 5.32 Å². The molecule has 1 N–H and O–H groups in total. The first-order valence-electron chi connectivity index (χ1n) is 6.49. The maximum atomic E-state index is 12.4. The predicted molar refractivity (Wildman–Crippen MR) is 76.4 cm³/mol. The fourth-order valence-corrected chi connectivity index (χ4v) is 3.77. The van der Waals surface area contributed by atoms with Crippen LogP contribution in [-0.2, 0) is 16.6 Å². The van der Waals surface area contributed by atoms with Gasteiger partial charge in [0.2, 0.25) is 10.0 Å². The monoisotopic (exact) mass is 362 g/mol. The van der Waals surface area contributed by atoms with E-state index in [9.17, 15) is 21.6 Å². The number of likely N-dealkylation sites (N-methyl/N-ethyl adjacent to an activating group) is 1. The summed E-state index contributed by atoms with van der Waals surface area (Å²) in [6, 6.07) is 0.0544. The molecule has 0 spiro atoms. The number of sulfonamides is 1. The first kappa shape index (κ1) is 19.2. The number of rotatable bonds is 4. The molecule has 128 valence electrons. The molecule has 1 aliphatic heterocycles. The van der Waals surface area contributed by atoms with Crippen LogP contribution in [0.5, 0.6) is 0 Å². The number of hydrogen-bond acceptors (Lipinski definition) is 4. The molecule has 1 fully saturated rings. The average Bonchev–Trinajstić information content (AvgIpc) is 2.85. The minimum atomic E-state index is -4.44. The SMILES string of the molecule is CNC1CCCN(S(=O)(=O)c2cnn(CC(F)(F)F)c2)C1.Cl. The summed E-state index contributed by atoms with van der Waals surface area (Å²) in [5.74, 6) is 0. The molecule has 2 rings (SSSR count). The van der Waals surface area contributed by atoms with Crippen molar-refractivity contribution in [2.45, 2.75) is 36.5 Å². The third-order valence-electron chi connectivity index (χ3n) is 3.38. The zero-order valence-corrected chi connectivity index (χ0v) is 13.5. The van der Waals surface area contributed by atoms with E-state index >= 15 is 0 Å². The summed E-state index contributed by atoms with van der Waals surface area (Å²) in [5, 5.41) is 6.50. The number of nitrogens with zero attached hydrogens (tertiary/aromatic N) is 3. The summed E-state index contributed by atoms with van der Waals surface area (Å²) < 4.78 is 63.5. The lowest BCUT2D eigenvalue weighted by Crippen LogP contribution is -2.46. The van der Waals surface area contributed by atoms with Crippen LogP contribution in [0, 0.1) is 0 Å². The van der Waals surface area contributed by atoms with Crippen LogP contribution in [0.2, 0.25) is 0 Å². The fraction of sp³-hybridized carbons (Fsp3) is 0.727. The van der Waals surface area contributed by atoms with Gasteiger partial charge in [0.1, 0.15) is 11.4 Å². The van der Waals surface area contributed by atoms with Gasteiger partial charge < -0.3 is 5.32 Å². The maximum Gasteiger partial charge on any atom is 0.408 e. The van der Waals surface area contributed by atoms with Crippen molar-refractivity contribution >= 4 is 22.4 Å². The maximum absolute atomic E-state index is 12.4. The van der Waals surface area contributed by atoms with Gasteiger partial charge in [-0.15, -0.1) is 12.4 Å². The molecule has 1 aromatic rings. The quantitative estimate of drug-likeness (QED) is 0.875. The van der Waals surface area contributed by atoms with Gasteiger partial charge in [-0.1, -0.05) is 0 Å². The highest BCUT2D eigenvalue weighted by molar-refractivity contribution is 7.89. The second kappa shape index (κ2) is 7.16. The zero-order chi connectivity index (χ0) is 15.7. The summed E-state index contributed by atoms with van der Waals surface area (Å²) in [6.07, 6.45) is -0.970. The fourth-order valence-electron chi connectivity index (χ4n) is 2.29. The van der Waals surface area contributed by atoms with Crippen LogP contribution in [0.3, 0.4) is 0 Å². The van der Waals surface area contributed by atoms with E-state index in [1.165, 1.54) is 4.31 Å². The Labute approximate surface area is 133 Å². The summed E-state index contributed by atoms with van der Waals surface area (Å²) in [7, 11) is -2.05. The Hall–Kier alpha value is -0.840. The normalized spacial score (nSPS) is 20.6. The van der Waals surface area contributed by atoms with Gasteiger partial charge in [0.15, 0.2) is 0 Å². The lowest BCUT2D eigenvalue weighted by Gasteiger charge is -2.31. The summed E-state index contributed by atoms with van der Waals surface area (Å²) in [6.45, 7) is -0.629. The highest BCUT2D eigenvalue weighted by atomic mass is 35.5. The highest BCUT2D eigenvalue weighted by Gasteiger charge is 2.32. The molecule has 1 saturated heterocycles. The summed E-state index contributed by atoms with van der Waals surface area (Å²) in [5.41, 5.74) is 0. The van der Waals surface area contributed by atoms with Crippen molar-refractivity contribution in [1.29, 1.82) is 0 Å². The molecule has 0 bridgehead atoms. The van der Waals surface area contributed by atoms with Gasteiger partial charge in [-0.3, -0.25) is 4.68 Å². The largest absolute Gasteiger partial charge is 0.408 e. The molecule has 1 aliphatic rings. The number of piperidine rings is 1.